The lowest BCUT2D eigenvalue weighted by Crippen LogP contribution is -2.10. The quantitative estimate of drug-likeness (QED) is 0.116. The number of aromatic nitrogens is 2. The molecular weight excluding hydrogens is 492 g/mol. The normalized spacial score (nSPS) is 10.9. The van der Waals surface area contributed by atoms with E-state index in [-0.39, 0.29) is 1.43 Å². The van der Waals surface area contributed by atoms with Gasteiger partial charge in [0.15, 0.2) is 58.0 Å². The van der Waals surface area contributed by atoms with Crippen molar-refractivity contribution in [1.82, 2.24) is 10.2 Å². The minimum Gasteiger partial charge on any atom is -0.294 e. The largest absolute Gasteiger partial charge is 0.433 e. The molecule has 1 heterocycles. The smallest absolute Gasteiger partial charge is 0.294 e. The fraction of sp³-hybridized carbons (Fsp3) is 0.125. The van der Waals surface area contributed by atoms with E-state index in [0.717, 1.165) is 0 Å². The van der Waals surface area contributed by atoms with Crippen LogP contribution >= 0.6 is 0 Å². The molecule has 0 unspecified atom stereocenters. The molecule has 0 saturated heterocycles. The Bertz CT molecular complexity index is 1200. The maximum absolute atomic E-state index is 13.1. The van der Waals surface area contributed by atoms with E-state index in [4.69, 9.17) is 11.1 Å². The Balaban J connectivity index is 0.000000591. The van der Waals surface area contributed by atoms with Crippen molar-refractivity contribution in [2.75, 3.05) is 0 Å². The highest BCUT2D eigenvalue weighted by atomic mass is 19.4. The van der Waals surface area contributed by atoms with Gasteiger partial charge in [0.05, 0.1) is 10.9 Å². The summed E-state index contributed by atoms with van der Waals surface area (Å²) in [5, 5.41) is 2.62. The maximum Gasteiger partial charge on any atom is 0.433 e. The Morgan fingerprint density at radius 1 is 0.727 bits per heavy atom. The van der Waals surface area contributed by atoms with E-state index in [1.54, 1.807) is 0 Å². The molecule has 0 amide bonds. The van der Waals surface area contributed by atoms with Crippen LogP contribution in [0.2, 0.25) is 0 Å². The predicted octanol–water partition coefficient (Wildman–Crippen LogP) is 6.56. The zero-order valence-corrected chi connectivity index (χ0v) is 15.4. The van der Waals surface area contributed by atoms with Gasteiger partial charge in [-0.25, -0.2) is 50.6 Å². The van der Waals surface area contributed by atoms with Gasteiger partial charge in [0.2, 0.25) is 5.82 Å². The van der Waals surface area contributed by atoms with Gasteiger partial charge in [-0.3, -0.25) is 9.89 Å². The minimum atomic E-state index is -5.09. The summed E-state index contributed by atoms with van der Waals surface area (Å²) in [6.45, 7) is 0.707. The number of hydrogen-bond donors (Lipinski definition) is 3. The summed E-state index contributed by atoms with van der Waals surface area (Å²) < 4.78 is 151. The Morgan fingerprint density at radius 2 is 1.09 bits per heavy atom. The lowest BCUT2D eigenvalue weighted by molar-refractivity contribution is -0.140. The molecule has 0 atom stereocenters. The van der Waals surface area contributed by atoms with E-state index in [0.29, 0.717) is 6.92 Å². The van der Waals surface area contributed by atoms with Crippen LogP contribution in [0.1, 0.15) is 24.4 Å². The van der Waals surface area contributed by atoms with Gasteiger partial charge in [-0.05, 0) is 6.92 Å². The Labute approximate surface area is 174 Å². The number of carbonyl (C=O) groups is 1. The third-order valence-electron chi connectivity index (χ3n) is 3.62. The summed E-state index contributed by atoms with van der Waals surface area (Å²) in [6.07, 6.45) is -5.09. The molecule has 0 fully saturated rings. The molecule has 0 radical (unpaired) electrons. The molecule has 3 rings (SSSR count). The highest BCUT2D eigenvalue weighted by molar-refractivity contribution is 5.94. The van der Waals surface area contributed by atoms with E-state index in [1.165, 1.54) is 5.10 Å². The molecule has 182 valence electrons. The van der Waals surface area contributed by atoms with Crippen molar-refractivity contribution in [1.29, 1.82) is 11.1 Å². The van der Waals surface area contributed by atoms with Crippen molar-refractivity contribution in [3.63, 3.8) is 0 Å². The minimum absolute atomic E-state index is 0. The van der Waals surface area contributed by atoms with Crippen LogP contribution in [0.3, 0.4) is 0 Å². The van der Waals surface area contributed by atoms with E-state index in [2.05, 4.69) is 5.10 Å². The average Bonchev–Trinajstić information content (AvgIpc) is 3.21. The second kappa shape index (κ2) is 9.86. The molecule has 2 aromatic carbocycles. The fourth-order valence-corrected chi connectivity index (χ4v) is 2.24. The van der Waals surface area contributed by atoms with Crippen molar-refractivity contribution in [2.45, 2.75) is 13.1 Å². The van der Waals surface area contributed by atoms with Crippen molar-refractivity contribution < 1.29 is 58.9 Å². The van der Waals surface area contributed by atoms with Gasteiger partial charge in [0.25, 0.3) is 0 Å². The maximum atomic E-state index is 13.1. The van der Waals surface area contributed by atoms with Crippen LogP contribution in [-0.2, 0) is 6.18 Å². The van der Waals surface area contributed by atoms with Crippen molar-refractivity contribution in [2.24, 2.45) is 0 Å². The second-order valence-corrected chi connectivity index (χ2v) is 5.58. The number of benzene rings is 2. The van der Waals surface area contributed by atoms with Crippen LogP contribution in [0.15, 0.2) is 0 Å². The lowest BCUT2D eigenvalue weighted by atomic mass is 10.1. The lowest BCUT2D eigenvalue weighted by Gasteiger charge is -2.04. The van der Waals surface area contributed by atoms with E-state index >= 15 is 0 Å². The number of Topliss-reactive ketones (excluding diaryl/α,β-unsaturated/α-hetero) is 1. The third kappa shape index (κ3) is 4.90. The molecular formula is C16H8F12N4O. The van der Waals surface area contributed by atoms with Crippen molar-refractivity contribution in [3.05, 3.63) is 63.6 Å². The van der Waals surface area contributed by atoms with Gasteiger partial charge in [-0.2, -0.15) is 18.3 Å². The van der Waals surface area contributed by atoms with Gasteiger partial charge < -0.3 is 0 Å². The topological polar surface area (TPSA) is 93.4 Å². The van der Waals surface area contributed by atoms with Gasteiger partial charge in [0, 0.05) is 1.43 Å². The number of halogens is 12. The number of nitrogens with zero attached hydrogens (tertiary/aromatic N) is 1. The first kappa shape index (κ1) is 27.4. The van der Waals surface area contributed by atoms with Crippen LogP contribution in [0, 0.1) is 63.4 Å². The van der Waals surface area contributed by atoms with Crippen LogP contribution < -0.4 is 0 Å². The number of alkyl halides is 3. The Kier molecular flexibility index (Phi) is 8.18. The van der Waals surface area contributed by atoms with E-state index < -0.39 is 86.5 Å². The Hall–Kier alpha value is -3.66. The SMILES string of the molecule is CC(=O)c1c(F)c(F)c(F)c(F)c1F.Fc1c(F)c(F)c2c(C(F)(F)F)[nH]nc2c1F.N=N.[HH]. The first-order valence-electron chi connectivity index (χ1n) is 7.67. The van der Waals surface area contributed by atoms with Crippen LogP contribution in [0.25, 0.3) is 10.9 Å². The molecule has 3 N–H and O–H groups in total. The number of nitrogens with one attached hydrogen (secondary N) is 3. The Morgan fingerprint density at radius 3 is 1.48 bits per heavy atom. The molecule has 0 spiro atoms. The van der Waals surface area contributed by atoms with Gasteiger partial charge in [-0.15, -0.1) is 0 Å². The summed E-state index contributed by atoms with van der Waals surface area (Å²) in [5.41, 5.74) is 5.57. The van der Waals surface area contributed by atoms with Gasteiger partial charge in [0.1, 0.15) is 5.52 Å². The third-order valence-corrected chi connectivity index (χ3v) is 3.62. The highest BCUT2D eigenvalue weighted by Gasteiger charge is 2.38. The molecule has 0 saturated carbocycles. The molecule has 0 aliphatic rings. The number of carbonyl (C=O) groups excluding carboxylic acids is 1. The summed E-state index contributed by atoms with van der Waals surface area (Å²) in [7, 11) is 0. The highest BCUT2D eigenvalue weighted by Crippen LogP contribution is 2.36. The average molecular weight is 500 g/mol. The van der Waals surface area contributed by atoms with Crippen LogP contribution in [0.4, 0.5) is 52.7 Å². The molecule has 0 aliphatic heterocycles. The van der Waals surface area contributed by atoms with E-state index in [1.807, 2.05) is 0 Å². The second-order valence-electron chi connectivity index (χ2n) is 5.58. The molecule has 0 bridgehead atoms. The summed E-state index contributed by atoms with van der Waals surface area (Å²) in [5.74, 6) is -20.6. The zero-order valence-electron chi connectivity index (χ0n) is 15.4. The number of hydrogen-bond acceptors (Lipinski definition) is 4. The first-order chi connectivity index (χ1) is 15.1. The fourth-order valence-electron chi connectivity index (χ4n) is 2.24. The number of H-pyrrole nitrogens is 1. The monoisotopic (exact) mass is 500 g/mol. The molecule has 33 heavy (non-hydrogen) atoms. The number of ketones is 1. The molecule has 5 nitrogen and oxygen atoms in total. The first-order valence-corrected chi connectivity index (χ1v) is 7.67. The van der Waals surface area contributed by atoms with Crippen LogP contribution in [0.5, 0.6) is 0 Å². The number of aromatic amines is 1. The molecule has 3 aromatic rings. The molecule has 1 aromatic heterocycles. The van der Waals surface area contributed by atoms with Gasteiger partial charge >= 0.3 is 6.18 Å². The van der Waals surface area contributed by atoms with E-state index in [9.17, 15) is 57.5 Å². The van der Waals surface area contributed by atoms with Gasteiger partial charge in [-0.1, -0.05) is 0 Å². The molecule has 0 aliphatic carbocycles. The zero-order chi connectivity index (χ0) is 26.0. The van der Waals surface area contributed by atoms with Crippen molar-refractivity contribution >= 4 is 16.7 Å². The van der Waals surface area contributed by atoms with Crippen molar-refractivity contribution in [3.8, 4) is 0 Å². The van der Waals surface area contributed by atoms with Crippen LogP contribution in [-0.4, -0.2) is 16.0 Å². The predicted molar refractivity (Wildman–Crippen MR) is 84.7 cm³/mol. The summed E-state index contributed by atoms with van der Waals surface area (Å²) in [4.78, 5) is 10.6. The summed E-state index contributed by atoms with van der Waals surface area (Å²) >= 11 is 0. The molecule has 17 heteroatoms. The summed E-state index contributed by atoms with van der Waals surface area (Å²) in [6, 6.07) is 0. The number of rotatable bonds is 1. The standard InChI is InChI=1S/C8HF7N2.C8H3F5O.H2N2.H2/c9-2-1-6(5(12)4(11)3(2)10)16-17-7(1)8(13,14)15;1-2(14)3-4(9)6(11)8(13)7(12)5(3)10;1-2;/h(H,16,17);1H3;1-2H;1H. The number of fused-ring (bicyclic) bond motifs is 1.